The Morgan fingerprint density at radius 1 is 1.26 bits per heavy atom. The molecule has 0 saturated carbocycles. The van der Waals surface area contributed by atoms with Gasteiger partial charge in [-0.1, -0.05) is 0 Å². The maximum Gasteiger partial charge on any atom is 0.336 e. The van der Waals surface area contributed by atoms with Gasteiger partial charge < -0.3 is 10.6 Å². The van der Waals surface area contributed by atoms with Gasteiger partial charge in [0.05, 0.1) is 23.4 Å². The molecule has 0 spiro atoms. The van der Waals surface area contributed by atoms with Crippen LogP contribution in [0.25, 0.3) is 0 Å². The molecule has 0 saturated heterocycles. The van der Waals surface area contributed by atoms with E-state index < -0.39 is 62.6 Å². The third-order valence-electron chi connectivity index (χ3n) is 5.08. The first-order valence-electron chi connectivity index (χ1n) is 8.97. The van der Waals surface area contributed by atoms with Gasteiger partial charge in [-0.05, 0) is 42.7 Å². The fourth-order valence-electron chi connectivity index (χ4n) is 3.73. The number of sulfonamides is 1. The molecule has 1 atom stereocenters. The van der Waals surface area contributed by atoms with Crippen LogP contribution in [-0.2, 0) is 21.2 Å². The van der Waals surface area contributed by atoms with Crippen molar-refractivity contribution in [2.24, 2.45) is 0 Å². The Bertz CT molecular complexity index is 1290. The highest BCUT2D eigenvalue weighted by Gasteiger charge is 2.41. The second-order valence-corrected chi connectivity index (χ2v) is 8.78. The van der Waals surface area contributed by atoms with Crippen molar-refractivity contribution in [3.63, 3.8) is 0 Å². The van der Waals surface area contributed by atoms with E-state index in [9.17, 15) is 31.2 Å². The number of benzene rings is 2. The maximum atomic E-state index is 14.4. The smallest absolute Gasteiger partial charge is 0.336 e. The van der Waals surface area contributed by atoms with Crippen molar-refractivity contribution in [3.05, 3.63) is 58.4 Å². The molecule has 2 aromatic carbocycles. The first kappa shape index (κ1) is 20.7. The minimum Gasteiger partial charge on any atom is -0.348 e. The summed E-state index contributed by atoms with van der Waals surface area (Å²) in [6, 6.07) is 3.91. The molecule has 0 unspecified atom stereocenters. The number of hydrogen-bond donors (Lipinski definition) is 2. The number of amides is 3. The topological polar surface area (TPSA) is 119 Å². The number of fused-ring (bicyclic) bond motifs is 2. The third-order valence-corrected chi connectivity index (χ3v) is 6.87. The Hall–Kier alpha value is -3.59. The lowest BCUT2D eigenvalue weighted by molar-refractivity contribution is -0.121. The van der Waals surface area contributed by atoms with Gasteiger partial charge in [-0.15, -0.1) is 0 Å². The Balaban J connectivity index is 1.57. The Morgan fingerprint density at radius 3 is 2.71 bits per heavy atom. The van der Waals surface area contributed by atoms with Gasteiger partial charge in [-0.25, -0.2) is 30.7 Å². The molecule has 160 valence electrons. The van der Waals surface area contributed by atoms with Gasteiger partial charge in [0.15, 0.2) is 11.6 Å². The monoisotopic (exact) mass is 450 g/mol. The van der Waals surface area contributed by atoms with E-state index in [2.05, 4.69) is 10.6 Å². The van der Waals surface area contributed by atoms with Crippen molar-refractivity contribution >= 4 is 27.6 Å². The predicted octanol–water partition coefficient (Wildman–Crippen LogP) is 2.32. The van der Waals surface area contributed by atoms with E-state index in [1.807, 2.05) is 6.07 Å². The summed E-state index contributed by atoms with van der Waals surface area (Å²) >= 11 is 0. The number of anilines is 1. The molecule has 0 fully saturated rings. The molecule has 0 radical (unpaired) electrons. The summed E-state index contributed by atoms with van der Waals surface area (Å²) in [4.78, 5) is 23.6. The highest BCUT2D eigenvalue weighted by atomic mass is 32.2. The maximum absolute atomic E-state index is 14.4. The highest BCUT2D eigenvalue weighted by molar-refractivity contribution is 7.90. The van der Waals surface area contributed by atoms with Crippen LogP contribution in [0.5, 0.6) is 0 Å². The van der Waals surface area contributed by atoms with Gasteiger partial charge in [-0.2, -0.15) is 5.26 Å². The highest BCUT2D eigenvalue weighted by Crippen LogP contribution is 2.35. The van der Waals surface area contributed by atoms with Crippen molar-refractivity contribution < 1.29 is 31.2 Å². The van der Waals surface area contributed by atoms with E-state index in [0.717, 1.165) is 12.1 Å². The van der Waals surface area contributed by atoms with E-state index in [4.69, 9.17) is 5.26 Å². The summed E-state index contributed by atoms with van der Waals surface area (Å²) in [6.45, 7) is -1.02. The van der Waals surface area contributed by atoms with Crippen LogP contribution in [0.15, 0.2) is 29.2 Å². The first-order valence-corrected chi connectivity index (χ1v) is 10.4. The SMILES string of the molecule is N#Cc1cc(F)c2c(c1)CC[C@H]2NC(=O)CN1C(=O)Nc2ccc(F)c(F)c2S1(=O)=O. The molecule has 0 bridgehead atoms. The largest absolute Gasteiger partial charge is 0.348 e. The van der Waals surface area contributed by atoms with E-state index >= 15 is 0 Å². The van der Waals surface area contributed by atoms with Gasteiger partial charge >= 0.3 is 6.03 Å². The van der Waals surface area contributed by atoms with E-state index in [1.54, 1.807) is 0 Å². The van der Waals surface area contributed by atoms with Crippen molar-refractivity contribution in [2.45, 2.75) is 23.8 Å². The van der Waals surface area contributed by atoms with Crippen LogP contribution in [0.3, 0.4) is 0 Å². The fourth-order valence-corrected chi connectivity index (χ4v) is 5.22. The van der Waals surface area contributed by atoms with Gasteiger partial charge in [-0.3, -0.25) is 4.79 Å². The summed E-state index contributed by atoms with van der Waals surface area (Å²) in [5.74, 6) is -4.74. The summed E-state index contributed by atoms with van der Waals surface area (Å²) < 4.78 is 67.5. The average molecular weight is 450 g/mol. The van der Waals surface area contributed by atoms with E-state index in [1.165, 1.54) is 6.07 Å². The number of aryl methyl sites for hydroxylation is 1. The number of nitriles is 1. The second-order valence-electron chi connectivity index (χ2n) is 6.98. The zero-order valence-electron chi connectivity index (χ0n) is 15.6. The fraction of sp³-hybridized carbons (Fsp3) is 0.211. The average Bonchev–Trinajstić information content (AvgIpc) is 3.10. The van der Waals surface area contributed by atoms with Crippen molar-refractivity contribution in [1.29, 1.82) is 5.26 Å². The number of rotatable bonds is 3. The molecule has 1 aliphatic carbocycles. The van der Waals surface area contributed by atoms with Crippen LogP contribution in [0.2, 0.25) is 0 Å². The lowest BCUT2D eigenvalue weighted by atomic mass is 10.0. The summed E-state index contributed by atoms with van der Waals surface area (Å²) in [6.07, 6.45) is 0.682. The standard InChI is InChI=1S/C19H13F3N4O4S/c20-11-2-4-14-18(17(11)22)31(29,30)26(19(28)25-14)8-15(27)24-13-3-1-10-5-9(7-23)6-12(21)16(10)13/h2,4-6,13H,1,3,8H2,(H,24,27)(H,25,28)/t13-/m1/s1. The van der Waals surface area contributed by atoms with Crippen LogP contribution in [-0.4, -0.2) is 31.2 Å². The van der Waals surface area contributed by atoms with Crippen LogP contribution < -0.4 is 10.6 Å². The number of hydrogen-bond acceptors (Lipinski definition) is 5. The van der Waals surface area contributed by atoms with Crippen LogP contribution >= 0.6 is 0 Å². The molecule has 3 amide bonds. The Morgan fingerprint density at radius 2 is 2.00 bits per heavy atom. The molecule has 4 rings (SSSR count). The number of carbonyl (C=O) groups is 2. The van der Waals surface area contributed by atoms with Crippen molar-refractivity contribution in [3.8, 4) is 6.07 Å². The molecule has 2 N–H and O–H groups in total. The minimum absolute atomic E-state index is 0.0815. The molecule has 0 aromatic heterocycles. The number of halogens is 3. The molecule has 12 heteroatoms. The number of carbonyl (C=O) groups excluding carboxylic acids is 2. The molecular weight excluding hydrogens is 437 g/mol. The Labute approximate surface area is 174 Å². The van der Waals surface area contributed by atoms with E-state index in [-0.39, 0.29) is 15.4 Å². The molecule has 1 heterocycles. The molecule has 8 nitrogen and oxygen atoms in total. The molecule has 1 aliphatic heterocycles. The summed E-state index contributed by atoms with van der Waals surface area (Å²) in [5, 5.41) is 13.5. The minimum atomic E-state index is -4.86. The van der Waals surface area contributed by atoms with E-state index in [0.29, 0.717) is 24.5 Å². The van der Waals surface area contributed by atoms with Gasteiger partial charge in [0, 0.05) is 5.56 Å². The molecule has 31 heavy (non-hydrogen) atoms. The van der Waals surface area contributed by atoms with Crippen LogP contribution in [0.4, 0.5) is 23.7 Å². The van der Waals surface area contributed by atoms with Crippen molar-refractivity contribution in [1.82, 2.24) is 9.62 Å². The summed E-state index contributed by atoms with van der Waals surface area (Å²) in [5.41, 5.74) is 0.404. The lowest BCUT2D eigenvalue weighted by Crippen LogP contribution is -2.49. The molecular formula is C19H13F3N4O4S. The number of nitrogens with one attached hydrogen (secondary N) is 2. The van der Waals surface area contributed by atoms with Crippen molar-refractivity contribution in [2.75, 3.05) is 11.9 Å². The number of nitrogens with zero attached hydrogens (tertiary/aromatic N) is 2. The first-order chi connectivity index (χ1) is 14.6. The Kier molecular flexibility index (Phi) is 4.85. The van der Waals surface area contributed by atoms with Crippen LogP contribution in [0, 0.1) is 28.8 Å². The third kappa shape index (κ3) is 3.36. The summed E-state index contributed by atoms with van der Waals surface area (Å²) in [7, 11) is -4.86. The molecule has 2 aliphatic rings. The van der Waals surface area contributed by atoms with Gasteiger partial charge in [0.1, 0.15) is 17.3 Å². The lowest BCUT2D eigenvalue weighted by Gasteiger charge is -2.29. The van der Waals surface area contributed by atoms with Gasteiger partial charge in [0.2, 0.25) is 5.91 Å². The quantitative estimate of drug-likeness (QED) is 0.744. The predicted molar refractivity (Wildman–Crippen MR) is 99.6 cm³/mol. The molecule has 2 aromatic rings. The zero-order valence-corrected chi connectivity index (χ0v) is 16.4. The normalized spacial score (nSPS) is 18.6. The van der Waals surface area contributed by atoms with Gasteiger partial charge in [0.25, 0.3) is 10.0 Å². The zero-order chi connectivity index (χ0) is 22.5. The number of urea groups is 1. The van der Waals surface area contributed by atoms with Crippen LogP contribution in [0.1, 0.15) is 29.2 Å². The second kappa shape index (κ2) is 7.28.